The van der Waals surface area contributed by atoms with Gasteiger partial charge >= 0.3 is 11.9 Å². The van der Waals surface area contributed by atoms with Crippen LogP contribution >= 0.6 is 0 Å². The number of carboxylic acids is 1. The van der Waals surface area contributed by atoms with Gasteiger partial charge < -0.3 is 14.6 Å². The molecule has 206 valence electrons. The van der Waals surface area contributed by atoms with Gasteiger partial charge in [0.2, 0.25) is 0 Å². The van der Waals surface area contributed by atoms with Crippen LogP contribution in [0.25, 0.3) is 0 Å². The summed E-state index contributed by atoms with van der Waals surface area (Å²) in [6, 6.07) is 6.71. The van der Waals surface area contributed by atoms with Gasteiger partial charge in [-0.15, -0.1) is 0 Å². The van der Waals surface area contributed by atoms with Gasteiger partial charge in [0.15, 0.2) is 5.60 Å². The molecular formula is C31H45FO5. The van der Waals surface area contributed by atoms with E-state index >= 15 is 4.39 Å². The second kappa shape index (κ2) is 16.4. The third kappa shape index (κ3) is 9.41. The first-order valence-electron chi connectivity index (χ1n) is 14.1. The van der Waals surface area contributed by atoms with Crippen molar-refractivity contribution in [1.82, 2.24) is 0 Å². The van der Waals surface area contributed by atoms with Gasteiger partial charge in [0.05, 0.1) is 17.6 Å². The van der Waals surface area contributed by atoms with Crippen molar-refractivity contribution in [2.75, 3.05) is 6.61 Å². The Kier molecular flexibility index (Phi) is 13.6. The fourth-order valence-electron chi connectivity index (χ4n) is 4.66. The van der Waals surface area contributed by atoms with E-state index in [0.29, 0.717) is 5.56 Å². The van der Waals surface area contributed by atoms with Gasteiger partial charge in [-0.3, -0.25) is 4.79 Å². The van der Waals surface area contributed by atoms with Gasteiger partial charge in [-0.05, 0) is 44.4 Å². The first-order chi connectivity index (χ1) is 17.9. The number of hydrogen-bond donors (Lipinski definition) is 1. The minimum atomic E-state index is -1.66. The fraction of sp³-hybridized carbons (Fsp3) is 0.613. The lowest BCUT2D eigenvalue weighted by molar-refractivity contribution is -0.138. The molecule has 0 bridgehead atoms. The zero-order chi connectivity index (χ0) is 27.1. The monoisotopic (exact) mass is 516 g/mol. The molecule has 0 aliphatic heterocycles. The van der Waals surface area contributed by atoms with Crippen LogP contribution in [0, 0.1) is 5.92 Å². The van der Waals surface area contributed by atoms with Gasteiger partial charge in [-0.1, -0.05) is 95.9 Å². The van der Waals surface area contributed by atoms with E-state index < -0.39 is 29.3 Å². The van der Waals surface area contributed by atoms with Gasteiger partial charge in [0.25, 0.3) is 0 Å². The molecule has 0 aromatic heterocycles. The number of unbranched alkanes of at least 4 members (excludes halogenated alkanes) is 9. The zero-order valence-electron chi connectivity index (χ0n) is 22.8. The van der Waals surface area contributed by atoms with Crippen LogP contribution < -0.4 is 0 Å². The highest BCUT2D eigenvalue weighted by molar-refractivity contribution is 5.92. The van der Waals surface area contributed by atoms with Crippen molar-refractivity contribution in [1.29, 1.82) is 0 Å². The molecule has 3 atom stereocenters. The van der Waals surface area contributed by atoms with E-state index in [1.54, 1.807) is 24.3 Å². The highest BCUT2D eigenvalue weighted by Gasteiger charge is 2.42. The van der Waals surface area contributed by atoms with Gasteiger partial charge in [-0.25, -0.2) is 9.18 Å². The summed E-state index contributed by atoms with van der Waals surface area (Å²) in [7, 11) is 0. The van der Waals surface area contributed by atoms with Crippen molar-refractivity contribution in [2.24, 2.45) is 5.92 Å². The Bertz CT molecular complexity index is 909. The molecule has 5 nitrogen and oxygen atoms in total. The molecule has 0 radical (unpaired) electrons. The number of benzene rings is 1. The topological polar surface area (TPSA) is 72.8 Å². The summed E-state index contributed by atoms with van der Waals surface area (Å²) >= 11 is 0. The van der Waals surface area contributed by atoms with Crippen LogP contribution in [0.2, 0.25) is 0 Å². The third-order valence-electron chi connectivity index (χ3n) is 6.90. The summed E-state index contributed by atoms with van der Waals surface area (Å²) in [6.45, 7) is 6.49. The molecule has 37 heavy (non-hydrogen) atoms. The molecule has 0 saturated heterocycles. The summed E-state index contributed by atoms with van der Waals surface area (Å²) < 4.78 is 27.6. The molecule has 6 heteroatoms. The lowest BCUT2D eigenvalue weighted by Crippen LogP contribution is -2.34. The Hall–Kier alpha value is -2.47. The number of rotatable bonds is 18. The Balaban J connectivity index is 2.20. The van der Waals surface area contributed by atoms with E-state index in [2.05, 4.69) is 13.8 Å². The van der Waals surface area contributed by atoms with Gasteiger partial charge in [0.1, 0.15) is 5.83 Å². The first-order valence-corrected chi connectivity index (χ1v) is 14.1. The standard InChI is InChI=1S/C31H45FO5/c1-4-6-8-10-11-12-16-22-36-31(21-20-25(29(33)34)23-28(31)32)27-19-15-14-18-26(27)30(35)37-24(3)17-13-9-7-5-2/h14-15,18-21,23-25H,4-13,16-17,22H2,1-3H3,(H,33,34). The number of esters is 1. The van der Waals surface area contributed by atoms with E-state index in [-0.39, 0.29) is 18.3 Å². The SMILES string of the molecule is CCCCCCCCCOC1(c2ccccc2C(=O)OC(C)CCCCCC)C=CC(C(=O)O)C=C1F. The van der Waals surface area contributed by atoms with Crippen molar-refractivity contribution in [2.45, 2.75) is 110 Å². The summed E-state index contributed by atoms with van der Waals surface area (Å²) in [4.78, 5) is 24.7. The molecule has 1 aliphatic carbocycles. The first kappa shape index (κ1) is 30.8. The molecule has 0 fully saturated rings. The molecule has 3 unspecified atom stereocenters. The van der Waals surface area contributed by atoms with E-state index in [4.69, 9.17) is 9.47 Å². The largest absolute Gasteiger partial charge is 0.481 e. The van der Waals surface area contributed by atoms with Crippen molar-refractivity contribution in [3.8, 4) is 0 Å². The van der Waals surface area contributed by atoms with Crippen LogP contribution in [0.1, 0.15) is 114 Å². The smallest absolute Gasteiger partial charge is 0.338 e. The number of ether oxygens (including phenoxy) is 2. The lowest BCUT2D eigenvalue weighted by Gasteiger charge is -2.34. The van der Waals surface area contributed by atoms with Crippen LogP contribution in [0.5, 0.6) is 0 Å². The predicted octanol–water partition coefficient (Wildman–Crippen LogP) is 8.29. The molecule has 1 aromatic carbocycles. The van der Waals surface area contributed by atoms with E-state index in [1.807, 2.05) is 6.92 Å². The van der Waals surface area contributed by atoms with Crippen molar-refractivity contribution in [3.05, 3.63) is 59.4 Å². The quantitative estimate of drug-likeness (QED) is 0.121. The van der Waals surface area contributed by atoms with Crippen LogP contribution in [0.4, 0.5) is 4.39 Å². The van der Waals surface area contributed by atoms with Crippen molar-refractivity contribution in [3.63, 3.8) is 0 Å². The van der Waals surface area contributed by atoms with E-state index in [0.717, 1.165) is 57.4 Å². The zero-order valence-corrected chi connectivity index (χ0v) is 22.8. The highest BCUT2D eigenvalue weighted by atomic mass is 19.1. The Morgan fingerprint density at radius 3 is 2.24 bits per heavy atom. The number of aliphatic carboxylic acids is 1. The molecule has 2 rings (SSSR count). The second-order valence-corrected chi connectivity index (χ2v) is 10.1. The minimum Gasteiger partial charge on any atom is -0.481 e. The summed E-state index contributed by atoms with van der Waals surface area (Å²) in [6.07, 6.45) is 16.4. The minimum absolute atomic E-state index is 0.226. The maximum absolute atomic E-state index is 15.7. The summed E-state index contributed by atoms with van der Waals surface area (Å²) in [5, 5.41) is 9.40. The Morgan fingerprint density at radius 1 is 0.973 bits per heavy atom. The Morgan fingerprint density at radius 2 is 1.59 bits per heavy atom. The average Bonchev–Trinajstić information content (AvgIpc) is 2.89. The number of hydrogen-bond acceptors (Lipinski definition) is 4. The van der Waals surface area contributed by atoms with Gasteiger partial charge in [0, 0.05) is 12.2 Å². The summed E-state index contributed by atoms with van der Waals surface area (Å²) in [5.41, 5.74) is -1.10. The predicted molar refractivity (Wildman–Crippen MR) is 145 cm³/mol. The Labute approximate surface area is 222 Å². The molecule has 1 aromatic rings. The van der Waals surface area contributed by atoms with Crippen LogP contribution in [-0.4, -0.2) is 29.8 Å². The van der Waals surface area contributed by atoms with E-state index in [9.17, 15) is 14.7 Å². The number of carbonyl (C=O) groups excluding carboxylic acids is 1. The lowest BCUT2D eigenvalue weighted by atomic mass is 9.82. The maximum Gasteiger partial charge on any atom is 0.338 e. The number of halogens is 1. The van der Waals surface area contributed by atoms with Gasteiger partial charge in [-0.2, -0.15) is 0 Å². The van der Waals surface area contributed by atoms with Crippen LogP contribution in [-0.2, 0) is 19.9 Å². The van der Waals surface area contributed by atoms with Crippen LogP contribution in [0.15, 0.2) is 48.3 Å². The third-order valence-corrected chi connectivity index (χ3v) is 6.90. The number of carboxylic acid groups (broad SMARTS) is 1. The summed E-state index contributed by atoms with van der Waals surface area (Å²) in [5.74, 6) is -3.48. The normalized spacial score (nSPS) is 19.9. The highest BCUT2D eigenvalue weighted by Crippen LogP contribution is 2.42. The number of carbonyl (C=O) groups is 2. The molecule has 1 aliphatic rings. The molecule has 0 spiro atoms. The van der Waals surface area contributed by atoms with Crippen molar-refractivity contribution >= 4 is 11.9 Å². The molecule has 1 N–H and O–H groups in total. The molecular weight excluding hydrogens is 471 g/mol. The second-order valence-electron chi connectivity index (χ2n) is 10.1. The average molecular weight is 517 g/mol. The van der Waals surface area contributed by atoms with Crippen molar-refractivity contribution < 1.29 is 28.6 Å². The molecule has 0 saturated carbocycles. The molecule has 0 heterocycles. The maximum atomic E-state index is 15.7. The van der Waals surface area contributed by atoms with E-state index in [1.165, 1.54) is 37.8 Å². The molecule has 0 amide bonds. The fourth-order valence-corrected chi connectivity index (χ4v) is 4.66. The van der Waals surface area contributed by atoms with Crippen LogP contribution in [0.3, 0.4) is 0 Å².